The van der Waals surface area contributed by atoms with Gasteiger partial charge in [-0.05, 0) is 43.0 Å². The molecule has 0 aromatic carbocycles. The van der Waals surface area contributed by atoms with Crippen LogP contribution in [0.15, 0.2) is 39.3 Å². The number of hydrogen-bond donors (Lipinski definition) is 3. The molecule has 7 nitrogen and oxygen atoms in total. The molecular formula is C17H22N6OS. The summed E-state index contributed by atoms with van der Waals surface area (Å²) in [5.74, 6) is 2.86. The Balaban J connectivity index is 1.52. The van der Waals surface area contributed by atoms with E-state index in [2.05, 4.69) is 56.1 Å². The Hall–Kier alpha value is -2.61. The van der Waals surface area contributed by atoms with Crippen molar-refractivity contribution in [1.29, 1.82) is 0 Å². The number of guanidine groups is 1. The van der Waals surface area contributed by atoms with Crippen molar-refractivity contribution < 1.29 is 4.42 Å². The number of aliphatic imine (C=N–C) groups is 1. The van der Waals surface area contributed by atoms with Gasteiger partial charge in [0.25, 0.3) is 0 Å². The summed E-state index contributed by atoms with van der Waals surface area (Å²) >= 11 is 1.74. The lowest BCUT2D eigenvalue weighted by atomic mass is 10.3. The molecule has 0 fully saturated rings. The lowest BCUT2D eigenvalue weighted by Crippen LogP contribution is -2.38. The number of thiophene rings is 1. The molecule has 0 unspecified atom stereocenters. The van der Waals surface area contributed by atoms with E-state index in [0.29, 0.717) is 24.7 Å². The van der Waals surface area contributed by atoms with Crippen LogP contribution >= 0.6 is 11.3 Å². The van der Waals surface area contributed by atoms with Crippen LogP contribution in [0.1, 0.15) is 23.2 Å². The van der Waals surface area contributed by atoms with Gasteiger partial charge in [-0.25, -0.2) is 9.98 Å². The van der Waals surface area contributed by atoms with Gasteiger partial charge in [0.2, 0.25) is 5.82 Å². The first-order valence-electron chi connectivity index (χ1n) is 8.26. The predicted octanol–water partition coefficient (Wildman–Crippen LogP) is 2.73. The van der Waals surface area contributed by atoms with E-state index in [4.69, 9.17) is 4.42 Å². The second kappa shape index (κ2) is 8.48. The zero-order valence-corrected chi connectivity index (χ0v) is 15.2. The van der Waals surface area contributed by atoms with E-state index in [1.807, 2.05) is 12.1 Å². The molecule has 0 aliphatic heterocycles. The number of aryl methyl sites for hydroxylation is 1. The molecule has 0 radical (unpaired) electrons. The van der Waals surface area contributed by atoms with E-state index < -0.39 is 0 Å². The maximum atomic E-state index is 5.30. The van der Waals surface area contributed by atoms with Gasteiger partial charge in [-0.2, -0.15) is 5.10 Å². The van der Waals surface area contributed by atoms with Crippen LogP contribution in [-0.4, -0.2) is 34.2 Å². The highest BCUT2D eigenvalue weighted by molar-refractivity contribution is 7.10. The smallest absolute Gasteiger partial charge is 0.216 e. The third kappa shape index (κ3) is 4.69. The van der Waals surface area contributed by atoms with Gasteiger partial charge in [-0.1, -0.05) is 0 Å². The van der Waals surface area contributed by atoms with Crippen molar-refractivity contribution in [2.24, 2.45) is 4.99 Å². The average Bonchev–Trinajstić information content (AvgIpc) is 3.34. The summed E-state index contributed by atoms with van der Waals surface area (Å²) in [5, 5.41) is 15.8. The van der Waals surface area contributed by atoms with Crippen molar-refractivity contribution in [3.8, 4) is 11.6 Å². The van der Waals surface area contributed by atoms with Crippen molar-refractivity contribution in [1.82, 2.24) is 25.8 Å². The van der Waals surface area contributed by atoms with Crippen molar-refractivity contribution in [2.75, 3.05) is 13.1 Å². The Morgan fingerprint density at radius 2 is 2.28 bits per heavy atom. The highest BCUT2D eigenvalue weighted by Crippen LogP contribution is 2.16. The topological polar surface area (TPSA) is 91.1 Å². The summed E-state index contributed by atoms with van der Waals surface area (Å²) < 4.78 is 5.30. The summed E-state index contributed by atoms with van der Waals surface area (Å²) in [6.07, 6.45) is 2.33. The maximum absolute atomic E-state index is 5.30. The Morgan fingerprint density at radius 1 is 1.36 bits per heavy atom. The number of aromatic amines is 1. The third-order valence-electron chi connectivity index (χ3n) is 3.62. The minimum Gasteiger partial charge on any atom is -0.461 e. The number of aromatic nitrogens is 3. The van der Waals surface area contributed by atoms with Crippen LogP contribution < -0.4 is 10.6 Å². The molecule has 3 N–H and O–H groups in total. The van der Waals surface area contributed by atoms with Crippen molar-refractivity contribution in [2.45, 2.75) is 26.8 Å². The molecule has 132 valence electrons. The van der Waals surface area contributed by atoms with Crippen LogP contribution in [0.5, 0.6) is 0 Å². The number of H-pyrrole nitrogens is 1. The van der Waals surface area contributed by atoms with Gasteiger partial charge in [0.15, 0.2) is 11.7 Å². The molecule has 0 saturated carbocycles. The number of furan rings is 1. The standard InChI is InChI=1S/C17H22N6OS/c1-3-18-17(20-11-14-12(2)7-10-25-14)19-8-6-15-21-16(23-22-15)13-5-4-9-24-13/h4-5,7,9-10H,3,6,8,11H2,1-2H3,(H2,18,19,20)(H,21,22,23). The highest BCUT2D eigenvalue weighted by atomic mass is 32.1. The molecule has 0 bridgehead atoms. The molecule has 25 heavy (non-hydrogen) atoms. The third-order valence-corrected chi connectivity index (χ3v) is 4.63. The molecule has 3 heterocycles. The minimum atomic E-state index is 0.578. The Bertz CT molecular complexity index is 805. The zero-order chi connectivity index (χ0) is 17.5. The van der Waals surface area contributed by atoms with Gasteiger partial charge >= 0.3 is 0 Å². The van der Waals surface area contributed by atoms with Crippen molar-refractivity contribution >= 4 is 17.3 Å². The number of nitrogens with zero attached hydrogens (tertiary/aromatic N) is 3. The summed E-state index contributed by atoms with van der Waals surface area (Å²) in [6.45, 7) is 6.38. The lowest BCUT2D eigenvalue weighted by Gasteiger charge is -2.10. The maximum Gasteiger partial charge on any atom is 0.216 e. The van der Waals surface area contributed by atoms with Gasteiger partial charge in [0.1, 0.15) is 5.82 Å². The largest absolute Gasteiger partial charge is 0.461 e. The monoisotopic (exact) mass is 358 g/mol. The first kappa shape index (κ1) is 17.2. The molecule has 8 heteroatoms. The van der Waals surface area contributed by atoms with Gasteiger partial charge in [0.05, 0.1) is 12.8 Å². The van der Waals surface area contributed by atoms with Gasteiger partial charge < -0.3 is 15.1 Å². The fourth-order valence-corrected chi connectivity index (χ4v) is 3.11. The fourth-order valence-electron chi connectivity index (χ4n) is 2.28. The summed E-state index contributed by atoms with van der Waals surface area (Å²) in [6, 6.07) is 5.78. The van der Waals surface area contributed by atoms with Crippen LogP contribution in [-0.2, 0) is 13.0 Å². The Kier molecular flexibility index (Phi) is 5.84. The first-order chi connectivity index (χ1) is 12.3. The van der Waals surface area contributed by atoms with Crippen LogP contribution in [0, 0.1) is 6.92 Å². The lowest BCUT2D eigenvalue weighted by molar-refractivity contribution is 0.577. The van der Waals surface area contributed by atoms with Crippen LogP contribution in [0.2, 0.25) is 0 Å². The molecule has 0 spiro atoms. The molecule has 3 aromatic heterocycles. The molecule has 3 rings (SSSR count). The van der Waals surface area contributed by atoms with E-state index in [-0.39, 0.29) is 0 Å². The SMILES string of the molecule is CCNC(=NCc1sccc1C)NCCc1nc(-c2ccco2)n[nH]1. The highest BCUT2D eigenvalue weighted by Gasteiger charge is 2.08. The average molecular weight is 358 g/mol. The number of hydrogen-bond acceptors (Lipinski definition) is 5. The van der Waals surface area contributed by atoms with E-state index >= 15 is 0 Å². The van der Waals surface area contributed by atoms with E-state index in [9.17, 15) is 0 Å². The van der Waals surface area contributed by atoms with Gasteiger partial charge in [-0.15, -0.1) is 11.3 Å². The molecule has 0 aliphatic carbocycles. The number of nitrogens with one attached hydrogen (secondary N) is 3. The van der Waals surface area contributed by atoms with E-state index in [1.165, 1.54) is 10.4 Å². The summed E-state index contributed by atoms with van der Waals surface area (Å²) in [4.78, 5) is 10.4. The van der Waals surface area contributed by atoms with E-state index in [0.717, 1.165) is 24.7 Å². The molecule has 0 saturated heterocycles. The second-order valence-corrected chi connectivity index (χ2v) is 6.48. The molecule has 0 amide bonds. The molecule has 0 aliphatic rings. The number of rotatable bonds is 7. The van der Waals surface area contributed by atoms with Crippen LogP contribution in [0.4, 0.5) is 0 Å². The second-order valence-electron chi connectivity index (χ2n) is 5.48. The first-order valence-corrected chi connectivity index (χ1v) is 9.14. The molecular weight excluding hydrogens is 336 g/mol. The van der Waals surface area contributed by atoms with Crippen LogP contribution in [0.25, 0.3) is 11.6 Å². The Labute approximate surface area is 150 Å². The predicted molar refractivity (Wildman–Crippen MR) is 99.7 cm³/mol. The fraction of sp³-hybridized carbons (Fsp3) is 0.353. The molecule has 3 aromatic rings. The quantitative estimate of drug-likeness (QED) is 0.446. The van der Waals surface area contributed by atoms with Crippen molar-refractivity contribution in [3.63, 3.8) is 0 Å². The minimum absolute atomic E-state index is 0.578. The van der Waals surface area contributed by atoms with E-state index in [1.54, 1.807) is 17.6 Å². The van der Waals surface area contributed by atoms with Crippen molar-refractivity contribution in [3.05, 3.63) is 46.1 Å². The summed E-state index contributed by atoms with van der Waals surface area (Å²) in [7, 11) is 0. The van der Waals surface area contributed by atoms with Crippen LogP contribution in [0.3, 0.4) is 0 Å². The van der Waals surface area contributed by atoms with Gasteiger partial charge in [-0.3, -0.25) is 5.10 Å². The molecule has 0 atom stereocenters. The normalized spacial score (nSPS) is 11.7. The summed E-state index contributed by atoms with van der Waals surface area (Å²) in [5.41, 5.74) is 1.29. The zero-order valence-electron chi connectivity index (χ0n) is 14.4. The Morgan fingerprint density at radius 3 is 3.00 bits per heavy atom. The van der Waals surface area contributed by atoms with Gasteiger partial charge in [0, 0.05) is 24.4 Å².